The first-order valence-corrected chi connectivity index (χ1v) is 7.84. The molecular weight excluding hydrogens is 332 g/mol. The molecule has 0 N–H and O–H groups in total. The molecule has 0 aliphatic rings. The van der Waals surface area contributed by atoms with Gasteiger partial charge in [-0.1, -0.05) is 11.8 Å². The molecule has 1 aromatic carbocycles. The van der Waals surface area contributed by atoms with Crippen molar-refractivity contribution < 1.29 is 23.8 Å². The van der Waals surface area contributed by atoms with E-state index < -0.39 is 11.7 Å². The molecule has 2 aromatic heterocycles. The first-order valence-electron chi connectivity index (χ1n) is 6.85. The van der Waals surface area contributed by atoms with Crippen LogP contribution < -0.4 is 14.5 Å². The Kier molecular flexibility index (Phi) is 4.71. The van der Waals surface area contributed by atoms with Gasteiger partial charge < -0.3 is 14.4 Å². The molecule has 8 nitrogen and oxygen atoms in total. The Balaban J connectivity index is 1.82. The summed E-state index contributed by atoms with van der Waals surface area (Å²) < 4.78 is 10.9. The molecule has 0 saturated heterocycles. The predicted octanol–water partition coefficient (Wildman–Crippen LogP) is 0.798. The van der Waals surface area contributed by atoms with Gasteiger partial charge in [0.2, 0.25) is 11.5 Å². The van der Waals surface area contributed by atoms with Gasteiger partial charge in [-0.3, -0.25) is 4.79 Å². The molecule has 3 rings (SSSR count). The topological polar surface area (TPSA) is 105 Å². The van der Waals surface area contributed by atoms with E-state index in [0.717, 1.165) is 11.8 Å². The lowest BCUT2D eigenvalue weighted by atomic mass is 10.2. The summed E-state index contributed by atoms with van der Waals surface area (Å²) in [4.78, 5) is 20.4. The maximum Gasteiger partial charge on any atom is 0.307 e. The molecule has 3 aromatic rings. The number of thioether (sulfide) groups is 1. The Labute approximate surface area is 141 Å². The average Bonchev–Trinajstić information content (AvgIpc) is 3.02. The summed E-state index contributed by atoms with van der Waals surface area (Å²) in [6.45, 7) is 0. The second kappa shape index (κ2) is 7.09. The summed E-state index contributed by atoms with van der Waals surface area (Å²) in [6, 6.07) is 8.42. The Morgan fingerprint density at radius 3 is 2.67 bits per heavy atom. The minimum Gasteiger partial charge on any atom is -0.539 e. The molecule has 9 heteroatoms. The molecule has 0 radical (unpaired) electrons. The van der Waals surface area contributed by atoms with Crippen LogP contribution in [0.15, 0.2) is 52.4 Å². The number of benzene rings is 1. The fraction of sp³-hybridized carbons (Fsp3) is 0.133. The van der Waals surface area contributed by atoms with Crippen molar-refractivity contribution in [2.24, 2.45) is 0 Å². The number of Topliss-reactive ketones (excluding diaryl/α,β-unsaturated/α-hetero) is 1. The molecule has 24 heavy (non-hydrogen) atoms. The molecule has 0 unspecified atom stereocenters. The van der Waals surface area contributed by atoms with Gasteiger partial charge in [-0.25, -0.2) is 9.97 Å². The van der Waals surface area contributed by atoms with E-state index in [4.69, 9.17) is 4.74 Å². The van der Waals surface area contributed by atoms with Crippen molar-refractivity contribution in [1.82, 2.24) is 15.2 Å². The molecule has 0 bridgehead atoms. The van der Waals surface area contributed by atoms with E-state index in [2.05, 4.69) is 19.8 Å². The summed E-state index contributed by atoms with van der Waals surface area (Å²) in [6.07, 6.45) is 3.16. The molecule has 0 atom stereocenters. The highest BCUT2D eigenvalue weighted by molar-refractivity contribution is 7.99. The van der Waals surface area contributed by atoms with E-state index in [0.29, 0.717) is 16.6 Å². The van der Waals surface area contributed by atoms with Gasteiger partial charge in [0.05, 0.1) is 18.1 Å². The third kappa shape index (κ3) is 3.35. The maximum absolute atomic E-state index is 12.4. The van der Waals surface area contributed by atoms with Crippen molar-refractivity contribution in [2.45, 2.75) is 5.16 Å². The van der Waals surface area contributed by atoms with Crippen molar-refractivity contribution in [3.63, 3.8) is 0 Å². The number of rotatable bonds is 6. The van der Waals surface area contributed by atoms with Crippen LogP contribution in [0.25, 0.3) is 5.69 Å². The first-order chi connectivity index (χ1) is 11.7. The van der Waals surface area contributed by atoms with Crippen molar-refractivity contribution in [2.75, 3.05) is 12.9 Å². The van der Waals surface area contributed by atoms with Gasteiger partial charge in [0, 0.05) is 24.5 Å². The van der Waals surface area contributed by atoms with Crippen molar-refractivity contribution in [3.05, 3.63) is 48.4 Å². The number of nitrogens with zero attached hydrogens (tertiary/aromatic N) is 4. The van der Waals surface area contributed by atoms with Crippen LogP contribution in [0.4, 0.5) is 0 Å². The van der Waals surface area contributed by atoms with Crippen LogP contribution >= 0.6 is 11.8 Å². The van der Waals surface area contributed by atoms with Gasteiger partial charge in [0.25, 0.3) is 0 Å². The smallest absolute Gasteiger partial charge is 0.307 e. The van der Waals surface area contributed by atoms with Gasteiger partial charge in [-0.05, 0) is 22.9 Å². The monoisotopic (exact) mass is 344 g/mol. The SMILES string of the molecule is COc1ccc(-[n+]2noc([O-])c2C(=O)CSc2ncccn2)cc1. The number of ketones is 1. The molecule has 0 saturated carbocycles. The Morgan fingerprint density at radius 2 is 2.00 bits per heavy atom. The summed E-state index contributed by atoms with van der Waals surface area (Å²) in [5.74, 6) is -0.564. The van der Waals surface area contributed by atoms with E-state index >= 15 is 0 Å². The van der Waals surface area contributed by atoms with E-state index in [-0.39, 0.29) is 11.4 Å². The van der Waals surface area contributed by atoms with E-state index in [1.54, 1.807) is 49.8 Å². The first kappa shape index (κ1) is 15.9. The van der Waals surface area contributed by atoms with Gasteiger partial charge in [-0.2, -0.15) is 0 Å². The Bertz CT molecular complexity index is 836. The number of hydrogen-bond acceptors (Lipinski definition) is 8. The minimum atomic E-state index is -0.787. The van der Waals surface area contributed by atoms with Crippen LogP contribution in [0.2, 0.25) is 0 Å². The Hall–Kier alpha value is -2.94. The number of carbonyl (C=O) groups excluding carboxylic acids is 1. The molecule has 0 spiro atoms. The van der Waals surface area contributed by atoms with E-state index in [1.165, 1.54) is 4.68 Å². The van der Waals surface area contributed by atoms with Crippen LogP contribution in [0.5, 0.6) is 11.7 Å². The van der Waals surface area contributed by atoms with Crippen molar-refractivity contribution in [3.8, 4) is 17.4 Å². The van der Waals surface area contributed by atoms with Gasteiger partial charge in [-0.15, -0.1) is 0 Å². The molecule has 0 aliphatic carbocycles. The number of methoxy groups -OCH3 is 1. The lowest BCUT2D eigenvalue weighted by Crippen LogP contribution is -2.39. The fourth-order valence-corrected chi connectivity index (χ4v) is 2.61. The number of carbonyl (C=O) groups is 1. The third-order valence-electron chi connectivity index (χ3n) is 3.07. The van der Waals surface area contributed by atoms with E-state index in [9.17, 15) is 9.90 Å². The van der Waals surface area contributed by atoms with Crippen LogP contribution in [0.3, 0.4) is 0 Å². The summed E-state index contributed by atoms with van der Waals surface area (Å²) in [7, 11) is 1.55. The molecule has 0 fully saturated rings. The Morgan fingerprint density at radius 1 is 1.29 bits per heavy atom. The third-order valence-corrected chi connectivity index (χ3v) is 3.94. The lowest BCUT2D eigenvalue weighted by molar-refractivity contribution is -0.672. The maximum atomic E-state index is 12.4. The fourth-order valence-electron chi connectivity index (χ4n) is 1.94. The summed E-state index contributed by atoms with van der Waals surface area (Å²) in [5.41, 5.74) is 0.370. The zero-order chi connectivity index (χ0) is 16.9. The standard InChI is InChI=1S/C15H12N4O4S/c1-22-11-5-3-10(4-6-11)19-13(14(21)23-18-19)12(20)9-24-15-16-7-2-8-17-15/h2-8H,9H2,1H3. The van der Waals surface area contributed by atoms with E-state index in [1.807, 2.05) is 0 Å². The average molecular weight is 344 g/mol. The molecule has 0 aliphatic heterocycles. The van der Waals surface area contributed by atoms with Crippen molar-refractivity contribution >= 4 is 17.5 Å². The molecule has 122 valence electrons. The second-order valence-corrected chi connectivity index (χ2v) is 5.50. The van der Waals surface area contributed by atoms with Crippen LogP contribution in [-0.2, 0) is 0 Å². The van der Waals surface area contributed by atoms with Crippen molar-refractivity contribution in [1.29, 1.82) is 0 Å². The second-order valence-electron chi connectivity index (χ2n) is 4.56. The van der Waals surface area contributed by atoms with Gasteiger partial charge in [0.15, 0.2) is 11.1 Å². The quantitative estimate of drug-likeness (QED) is 0.280. The minimum absolute atomic E-state index is 0.00335. The highest BCUT2D eigenvalue weighted by Crippen LogP contribution is 2.18. The molecular formula is C15H12N4O4S. The lowest BCUT2D eigenvalue weighted by Gasteiger charge is -2.00. The number of ether oxygens (including phenoxy) is 1. The number of hydrogen-bond donors (Lipinski definition) is 0. The predicted molar refractivity (Wildman–Crippen MR) is 81.1 cm³/mol. The van der Waals surface area contributed by atoms with Crippen LogP contribution in [-0.4, -0.2) is 33.9 Å². The highest BCUT2D eigenvalue weighted by atomic mass is 32.2. The molecule has 0 amide bonds. The largest absolute Gasteiger partial charge is 0.539 e. The van der Waals surface area contributed by atoms with Gasteiger partial charge in [0.1, 0.15) is 5.75 Å². The highest BCUT2D eigenvalue weighted by Gasteiger charge is 2.27. The van der Waals surface area contributed by atoms with Gasteiger partial charge >= 0.3 is 5.69 Å². The zero-order valence-electron chi connectivity index (χ0n) is 12.6. The van der Waals surface area contributed by atoms with Crippen LogP contribution in [0, 0.1) is 0 Å². The van der Waals surface area contributed by atoms with Crippen LogP contribution in [0.1, 0.15) is 10.5 Å². The normalized spacial score (nSPS) is 10.5. The zero-order valence-corrected chi connectivity index (χ0v) is 13.4. The number of aromatic nitrogens is 4. The summed E-state index contributed by atoms with van der Waals surface area (Å²) in [5, 5.41) is 15.9. The molecule has 2 heterocycles. The summed E-state index contributed by atoms with van der Waals surface area (Å²) >= 11 is 1.13.